The predicted molar refractivity (Wildman–Crippen MR) is 68.3 cm³/mol. The molecule has 5 nitrogen and oxygen atoms in total. The van der Waals surface area contributed by atoms with Gasteiger partial charge in [0.05, 0.1) is 11.0 Å². The topological polar surface area (TPSA) is 75.4 Å². The normalized spacial score (nSPS) is 20.2. The van der Waals surface area contributed by atoms with Gasteiger partial charge in [0.25, 0.3) is 10.2 Å². The van der Waals surface area contributed by atoms with Crippen LogP contribution in [-0.2, 0) is 10.2 Å². The smallest absolute Gasteiger partial charge is 0.280 e. The fraction of sp³-hybridized carbons (Fsp3) is 0.889. The first-order valence-corrected chi connectivity index (χ1v) is 7.26. The Kier molecular flexibility index (Phi) is 4.66. The number of rotatable bonds is 5. The van der Waals surface area contributed by atoms with E-state index < -0.39 is 16.3 Å². The first kappa shape index (κ1) is 13.8. The minimum atomic E-state index is -3.43. The van der Waals surface area contributed by atoms with Gasteiger partial charge in [-0.15, -0.1) is 0 Å². The molecule has 1 fully saturated rings. The second-order valence-electron chi connectivity index (χ2n) is 4.35. The third-order valence-corrected chi connectivity index (χ3v) is 4.50. The fourth-order valence-electron chi connectivity index (χ4n) is 1.69. The standard InChI is InChI=1S/C9H19N3O2S2/c1-7(2)8(9(10)15)11-16(13,14)12-5-3-4-6-12/h7-8,11H,3-6H2,1-2H3,(H2,10,15). The Bertz CT molecular complexity index is 348. The average Bonchev–Trinajstić information content (AvgIpc) is 2.66. The number of hydrogen-bond donors (Lipinski definition) is 2. The number of thiocarbonyl (C=S) groups is 1. The van der Waals surface area contributed by atoms with Crippen LogP contribution in [0.15, 0.2) is 0 Å². The number of nitrogens with one attached hydrogen (secondary N) is 1. The maximum atomic E-state index is 12.0. The minimum absolute atomic E-state index is 0.0508. The Hall–Kier alpha value is -0.240. The summed E-state index contributed by atoms with van der Waals surface area (Å²) in [4.78, 5) is 0.192. The highest BCUT2D eigenvalue weighted by molar-refractivity contribution is 7.87. The molecular weight excluding hydrogens is 246 g/mol. The lowest BCUT2D eigenvalue weighted by atomic mass is 10.1. The molecule has 0 amide bonds. The van der Waals surface area contributed by atoms with Crippen LogP contribution in [0.2, 0.25) is 0 Å². The number of hydrogen-bond acceptors (Lipinski definition) is 3. The van der Waals surface area contributed by atoms with Crippen molar-refractivity contribution in [3.05, 3.63) is 0 Å². The summed E-state index contributed by atoms with van der Waals surface area (Å²) in [6.45, 7) is 4.93. The van der Waals surface area contributed by atoms with Crippen LogP contribution in [0.5, 0.6) is 0 Å². The van der Waals surface area contributed by atoms with Crippen molar-refractivity contribution in [2.24, 2.45) is 11.7 Å². The molecule has 0 radical (unpaired) electrons. The van der Waals surface area contributed by atoms with Crippen molar-refractivity contribution >= 4 is 27.4 Å². The molecule has 1 atom stereocenters. The van der Waals surface area contributed by atoms with E-state index in [2.05, 4.69) is 4.72 Å². The first-order chi connectivity index (χ1) is 7.34. The van der Waals surface area contributed by atoms with E-state index in [1.54, 1.807) is 0 Å². The molecule has 0 aliphatic carbocycles. The van der Waals surface area contributed by atoms with Gasteiger partial charge >= 0.3 is 0 Å². The molecule has 1 unspecified atom stereocenters. The van der Waals surface area contributed by atoms with Gasteiger partial charge in [-0.05, 0) is 18.8 Å². The van der Waals surface area contributed by atoms with Crippen molar-refractivity contribution in [2.45, 2.75) is 32.7 Å². The first-order valence-electron chi connectivity index (χ1n) is 5.41. The van der Waals surface area contributed by atoms with E-state index in [1.165, 1.54) is 4.31 Å². The predicted octanol–water partition coefficient (Wildman–Crippen LogP) is 0.227. The SMILES string of the molecule is CC(C)C(NS(=O)(=O)N1CCCC1)C(N)=S. The molecule has 94 valence electrons. The molecular formula is C9H19N3O2S2. The Morgan fingerprint density at radius 3 is 2.25 bits per heavy atom. The van der Waals surface area contributed by atoms with E-state index >= 15 is 0 Å². The monoisotopic (exact) mass is 265 g/mol. The lowest BCUT2D eigenvalue weighted by Gasteiger charge is -2.24. The van der Waals surface area contributed by atoms with Gasteiger partial charge in [-0.2, -0.15) is 17.4 Å². The van der Waals surface area contributed by atoms with Crippen LogP contribution in [0.25, 0.3) is 0 Å². The average molecular weight is 265 g/mol. The molecule has 16 heavy (non-hydrogen) atoms. The molecule has 1 heterocycles. The van der Waals surface area contributed by atoms with E-state index in [4.69, 9.17) is 18.0 Å². The van der Waals surface area contributed by atoms with Crippen molar-refractivity contribution in [2.75, 3.05) is 13.1 Å². The van der Waals surface area contributed by atoms with Gasteiger partial charge in [-0.25, -0.2) is 0 Å². The third kappa shape index (κ3) is 3.38. The van der Waals surface area contributed by atoms with E-state index in [-0.39, 0.29) is 10.9 Å². The summed E-state index contributed by atoms with van der Waals surface area (Å²) in [6, 6.07) is -0.472. The van der Waals surface area contributed by atoms with Gasteiger partial charge in [-0.3, -0.25) is 0 Å². The van der Waals surface area contributed by atoms with Crippen LogP contribution in [0, 0.1) is 5.92 Å². The Balaban J connectivity index is 2.73. The largest absolute Gasteiger partial charge is 0.392 e. The van der Waals surface area contributed by atoms with Gasteiger partial charge in [0.1, 0.15) is 0 Å². The molecule has 0 aromatic rings. The molecule has 0 bridgehead atoms. The second kappa shape index (κ2) is 5.39. The highest BCUT2D eigenvalue weighted by atomic mass is 32.2. The lowest BCUT2D eigenvalue weighted by molar-refractivity contribution is 0.447. The van der Waals surface area contributed by atoms with Gasteiger partial charge < -0.3 is 5.73 Å². The molecule has 3 N–H and O–H groups in total. The van der Waals surface area contributed by atoms with E-state index in [9.17, 15) is 8.42 Å². The Morgan fingerprint density at radius 1 is 1.38 bits per heavy atom. The lowest BCUT2D eigenvalue weighted by Crippen LogP contribution is -2.51. The molecule has 1 rings (SSSR count). The van der Waals surface area contributed by atoms with Crippen LogP contribution in [-0.4, -0.2) is 36.8 Å². The second-order valence-corrected chi connectivity index (χ2v) is 6.53. The zero-order chi connectivity index (χ0) is 12.3. The summed E-state index contributed by atoms with van der Waals surface area (Å²) >= 11 is 4.87. The maximum absolute atomic E-state index is 12.0. The van der Waals surface area contributed by atoms with Crippen molar-refractivity contribution < 1.29 is 8.42 Å². The van der Waals surface area contributed by atoms with Crippen molar-refractivity contribution in [1.29, 1.82) is 0 Å². The highest BCUT2D eigenvalue weighted by Gasteiger charge is 2.29. The quantitative estimate of drug-likeness (QED) is 0.698. The van der Waals surface area contributed by atoms with Crippen LogP contribution < -0.4 is 10.5 Å². The van der Waals surface area contributed by atoms with Crippen molar-refractivity contribution in [3.63, 3.8) is 0 Å². The van der Waals surface area contributed by atoms with Crippen molar-refractivity contribution in [3.8, 4) is 0 Å². The third-order valence-electron chi connectivity index (χ3n) is 2.65. The van der Waals surface area contributed by atoms with Crippen molar-refractivity contribution in [1.82, 2.24) is 9.03 Å². The minimum Gasteiger partial charge on any atom is -0.392 e. The van der Waals surface area contributed by atoms with E-state index in [0.29, 0.717) is 13.1 Å². The van der Waals surface area contributed by atoms with Crippen LogP contribution in [0.1, 0.15) is 26.7 Å². The maximum Gasteiger partial charge on any atom is 0.280 e. The zero-order valence-electron chi connectivity index (χ0n) is 9.64. The molecule has 1 aliphatic rings. The summed E-state index contributed by atoms with van der Waals surface area (Å²) in [5.74, 6) is 0.0508. The summed E-state index contributed by atoms with van der Waals surface area (Å²) in [6.07, 6.45) is 1.83. The summed E-state index contributed by atoms with van der Waals surface area (Å²) in [5, 5.41) is 0. The summed E-state index contributed by atoms with van der Waals surface area (Å²) in [7, 11) is -3.43. The molecule has 0 spiro atoms. The van der Waals surface area contributed by atoms with Gasteiger partial charge in [0.2, 0.25) is 0 Å². The van der Waals surface area contributed by atoms with Crippen LogP contribution in [0.3, 0.4) is 0 Å². The fourth-order valence-corrected chi connectivity index (χ4v) is 3.70. The molecule has 7 heteroatoms. The number of nitrogens with zero attached hydrogens (tertiary/aromatic N) is 1. The number of nitrogens with two attached hydrogens (primary N) is 1. The Morgan fingerprint density at radius 2 is 1.88 bits per heavy atom. The Labute approximate surface area is 103 Å². The molecule has 0 aromatic carbocycles. The van der Waals surface area contributed by atoms with Crippen LogP contribution >= 0.6 is 12.2 Å². The molecule has 1 aliphatic heterocycles. The zero-order valence-corrected chi connectivity index (χ0v) is 11.3. The van der Waals surface area contributed by atoms with Gasteiger partial charge in [0, 0.05) is 13.1 Å². The molecule has 1 saturated heterocycles. The molecule has 0 aromatic heterocycles. The molecule has 0 saturated carbocycles. The van der Waals surface area contributed by atoms with E-state index in [0.717, 1.165) is 12.8 Å². The van der Waals surface area contributed by atoms with Crippen LogP contribution in [0.4, 0.5) is 0 Å². The van der Waals surface area contributed by atoms with Gasteiger partial charge in [0.15, 0.2) is 0 Å². The van der Waals surface area contributed by atoms with E-state index in [1.807, 2.05) is 13.8 Å². The summed E-state index contributed by atoms with van der Waals surface area (Å²) in [5.41, 5.74) is 5.53. The summed E-state index contributed by atoms with van der Waals surface area (Å²) < 4.78 is 27.9. The highest BCUT2D eigenvalue weighted by Crippen LogP contribution is 2.13. The van der Waals surface area contributed by atoms with Gasteiger partial charge in [-0.1, -0.05) is 26.1 Å².